The lowest BCUT2D eigenvalue weighted by molar-refractivity contribution is -0.356. The second kappa shape index (κ2) is 5.02. The lowest BCUT2D eigenvalue weighted by Gasteiger charge is -2.34. The van der Waals surface area contributed by atoms with E-state index in [1.165, 1.54) is 0 Å². The minimum Gasteiger partial charge on any atom is -0.202 e. The Labute approximate surface area is 103 Å². The highest BCUT2D eigenvalue weighted by Crippen LogP contribution is 2.55. The fraction of sp³-hybridized carbons (Fsp3) is 0.625. The molecule has 0 aromatic carbocycles. The van der Waals surface area contributed by atoms with E-state index in [0.717, 1.165) is 0 Å². The molecule has 0 amide bonds. The van der Waals surface area contributed by atoms with E-state index in [0.29, 0.717) is 0 Å². The third-order valence-corrected chi connectivity index (χ3v) is 1.97. The topological polar surface area (TPSA) is 0 Å². The van der Waals surface area contributed by atoms with Crippen LogP contribution in [0.15, 0.2) is 11.7 Å². The van der Waals surface area contributed by atoms with E-state index in [2.05, 4.69) is 0 Å². The molecular weight excluding hydrogens is 324 g/mol. The molecule has 0 unspecified atom stereocenters. The van der Waals surface area contributed by atoms with Gasteiger partial charge in [-0.05, 0) is 0 Å². The van der Waals surface area contributed by atoms with Gasteiger partial charge in [0.25, 0.3) is 0 Å². The molecule has 0 N–H and O–H groups in total. The van der Waals surface area contributed by atoms with Crippen molar-refractivity contribution in [2.45, 2.75) is 30.6 Å². The average molecular weight is 327 g/mol. The average Bonchev–Trinajstić information content (AvgIpc) is 2.24. The Morgan fingerprint density at radius 1 is 0.650 bits per heavy atom. The molecular formula is C8H3F12. The molecule has 0 fully saturated rings. The zero-order valence-corrected chi connectivity index (χ0v) is 9.04. The second-order valence-electron chi connectivity index (χ2n) is 3.50. The maximum atomic E-state index is 12.7. The van der Waals surface area contributed by atoms with Crippen LogP contribution in [0.5, 0.6) is 0 Å². The number of hydrogen-bond acceptors (Lipinski definition) is 0. The summed E-state index contributed by atoms with van der Waals surface area (Å²) >= 11 is 0. The molecule has 0 heterocycles. The highest BCUT2D eigenvalue weighted by Gasteiger charge is 2.81. The van der Waals surface area contributed by atoms with Crippen LogP contribution < -0.4 is 0 Å². The molecule has 0 aromatic rings. The van der Waals surface area contributed by atoms with Gasteiger partial charge in [0.05, 0.1) is 0 Å². The van der Waals surface area contributed by atoms with Gasteiger partial charge in [-0.15, -0.1) is 0 Å². The van der Waals surface area contributed by atoms with Crippen LogP contribution in [-0.2, 0) is 0 Å². The third-order valence-electron chi connectivity index (χ3n) is 1.97. The van der Waals surface area contributed by atoms with Crippen LogP contribution in [0.25, 0.3) is 0 Å². The van der Waals surface area contributed by atoms with Gasteiger partial charge in [-0.3, -0.25) is 0 Å². The molecule has 0 saturated heterocycles. The summed E-state index contributed by atoms with van der Waals surface area (Å²) in [7, 11) is 0. The Balaban J connectivity index is 6.02. The van der Waals surface area contributed by atoms with E-state index in [1.807, 2.05) is 0 Å². The van der Waals surface area contributed by atoms with Crippen LogP contribution in [0.3, 0.4) is 0 Å². The van der Waals surface area contributed by atoms with E-state index in [4.69, 9.17) is 0 Å². The van der Waals surface area contributed by atoms with E-state index >= 15 is 0 Å². The van der Waals surface area contributed by atoms with Crippen molar-refractivity contribution in [1.82, 2.24) is 0 Å². The number of alkyl halides is 8. The molecule has 0 saturated carbocycles. The van der Waals surface area contributed by atoms with Crippen LogP contribution in [0.4, 0.5) is 52.7 Å². The van der Waals surface area contributed by atoms with Gasteiger partial charge in [-0.2, -0.15) is 43.9 Å². The van der Waals surface area contributed by atoms with Gasteiger partial charge in [0.1, 0.15) is 0 Å². The first-order valence-corrected chi connectivity index (χ1v) is 4.27. The SMILES string of the molecule is CC(F)(F)C(F)(F)C(F)(F)C(F)(F)C(F)=C(F)[C](F)F. The summed E-state index contributed by atoms with van der Waals surface area (Å²) in [5.74, 6) is -34.8. The summed E-state index contributed by atoms with van der Waals surface area (Å²) < 4.78 is 148. The summed E-state index contributed by atoms with van der Waals surface area (Å²) in [4.78, 5) is 0. The largest absolute Gasteiger partial charge is 0.385 e. The predicted octanol–water partition coefficient (Wildman–Crippen LogP) is 5.13. The quantitative estimate of drug-likeness (QED) is 0.614. The molecule has 0 aromatic heterocycles. The molecule has 0 aliphatic heterocycles. The molecule has 0 atom stereocenters. The molecule has 0 rings (SSSR count). The highest BCUT2D eigenvalue weighted by molar-refractivity contribution is 5.22. The minimum absolute atomic E-state index is 0.892. The Hall–Kier alpha value is -1.10. The van der Waals surface area contributed by atoms with Gasteiger partial charge >= 0.3 is 30.1 Å². The molecule has 12 heteroatoms. The normalized spacial score (nSPS) is 16.5. The molecule has 0 bridgehead atoms. The second-order valence-corrected chi connectivity index (χ2v) is 3.50. The van der Waals surface area contributed by atoms with E-state index < -0.39 is 48.7 Å². The number of halogens is 12. The lowest BCUT2D eigenvalue weighted by Crippen LogP contribution is -2.61. The Kier molecular flexibility index (Phi) is 4.75. The molecule has 119 valence electrons. The summed E-state index contributed by atoms with van der Waals surface area (Å²) in [5, 5.41) is 0. The van der Waals surface area contributed by atoms with Gasteiger partial charge in [0, 0.05) is 6.92 Å². The van der Waals surface area contributed by atoms with Gasteiger partial charge < -0.3 is 0 Å². The van der Waals surface area contributed by atoms with Crippen LogP contribution >= 0.6 is 0 Å². The highest BCUT2D eigenvalue weighted by atomic mass is 19.4. The first-order chi connectivity index (χ1) is 8.51. The molecule has 20 heavy (non-hydrogen) atoms. The van der Waals surface area contributed by atoms with Crippen LogP contribution in [-0.4, -0.2) is 23.7 Å². The van der Waals surface area contributed by atoms with Crippen molar-refractivity contribution in [3.63, 3.8) is 0 Å². The Bertz CT molecular complexity index is 387. The predicted molar refractivity (Wildman–Crippen MR) is 40.2 cm³/mol. The van der Waals surface area contributed by atoms with E-state index in [-0.39, 0.29) is 0 Å². The number of hydrogen-bond donors (Lipinski definition) is 0. The maximum Gasteiger partial charge on any atom is 0.385 e. The first kappa shape index (κ1) is 18.9. The van der Waals surface area contributed by atoms with Crippen molar-refractivity contribution in [1.29, 1.82) is 0 Å². The van der Waals surface area contributed by atoms with Gasteiger partial charge in [0.15, 0.2) is 0 Å². The minimum atomic E-state index is -7.17. The zero-order valence-electron chi connectivity index (χ0n) is 9.04. The van der Waals surface area contributed by atoms with Crippen molar-refractivity contribution in [3.8, 4) is 0 Å². The summed E-state index contributed by atoms with van der Waals surface area (Å²) in [6, 6.07) is 0. The van der Waals surface area contributed by atoms with Crippen molar-refractivity contribution >= 4 is 0 Å². The monoisotopic (exact) mass is 327 g/mol. The van der Waals surface area contributed by atoms with E-state index in [1.54, 1.807) is 0 Å². The molecule has 0 nitrogen and oxygen atoms in total. The zero-order chi connectivity index (χ0) is 16.7. The van der Waals surface area contributed by atoms with Gasteiger partial charge in [-0.1, -0.05) is 0 Å². The lowest BCUT2D eigenvalue weighted by atomic mass is 9.98. The van der Waals surface area contributed by atoms with Crippen LogP contribution in [0.2, 0.25) is 0 Å². The fourth-order valence-electron chi connectivity index (χ4n) is 0.831. The Morgan fingerprint density at radius 2 is 1.00 bits per heavy atom. The summed E-state index contributed by atoms with van der Waals surface area (Å²) in [6.07, 6.45) is -3.86. The van der Waals surface area contributed by atoms with Crippen molar-refractivity contribution in [2.24, 2.45) is 0 Å². The standard InChI is InChI=1S/C8H3F12/c1-5(13,14)7(17,18)8(19,20)6(15,16)3(10)2(9)4(11)12/h1H3. The molecule has 0 spiro atoms. The van der Waals surface area contributed by atoms with Crippen LogP contribution in [0, 0.1) is 6.43 Å². The van der Waals surface area contributed by atoms with Crippen molar-refractivity contribution in [2.75, 3.05) is 0 Å². The van der Waals surface area contributed by atoms with Crippen molar-refractivity contribution < 1.29 is 52.7 Å². The van der Waals surface area contributed by atoms with E-state index in [9.17, 15) is 52.7 Å². The first-order valence-electron chi connectivity index (χ1n) is 4.27. The third kappa shape index (κ3) is 2.68. The summed E-state index contributed by atoms with van der Waals surface area (Å²) in [6.45, 7) is -0.892. The smallest absolute Gasteiger partial charge is 0.202 e. The van der Waals surface area contributed by atoms with Gasteiger partial charge in [0.2, 0.25) is 11.7 Å². The van der Waals surface area contributed by atoms with Gasteiger partial charge in [-0.25, -0.2) is 8.78 Å². The summed E-state index contributed by atoms with van der Waals surface area (Å²) in [5.41, 5.74) is 0. The van der Waals surface area contributed by atoms with Crippen LogP contribution in [0.1, 0.15) is 6.92 Å². The van der Waals surface area contributed by atoms with Crippen molar-refractivity contribution in [3.05, 3.63) is 18.1 Å². The Morgan fingerprint density at radius 3 is 1.25 bits per heavy atom. The molecule has 1 radical (unpaired) electrons. The maximum absolute atomic E-state index is 12.7. The number of rotatable bonds is 5. The fourth-order valence-corrected chi connectivity index (χ4v) is 0.831. The number of allylic oxidation sites excluding steroid dienone is 2. The molecule has 0 aliphatic rings. The molecule has 0 aliphatic carbocycles.